The Bertz CT molecular complexity index is 1280. The van der Waals surface area contributed by atoms with Gasteiger partial charge in [0.1, 0.15) is 28.6 Å². The number of carbonyl (C=O) groups excluding carboxylic acids is 3. The van der Waals surface area contributed by atoms with Crippen molar-refractivity contribution in [2.75, 3.05) is 39.3 Å². The Labute approximate surface area is 217 Å². The molecule has 0 spiro atoms. The number of ketones is 2. The van der Waals surface area contributed by atoms with Crippen LogP contribution < -0.4 is 10.6 Å². The van der Waals surface area contributed by atoms with Crippen molar-refractivity contribution in [1.82, 2.24) is 4.90 Å². The van der Waals surface area contributed by atoms with Crippen LogP contribution in [0.3, 0.4) is 0 Å². The number of fused-ring (bicyclic) bond motifs is 3. The van der Waals surface area contributed by atoms with E-state index in [0.717, 1.165) is 0 Å². The summed E-state index contributed by atoms with van der Waals surface area (Å²) in [6, 6.07) is 0.630. The summed E-state index contributed by atoms with van der Waals surface area (Å²) in [5.74, 6) is -6.97. The molecule has 6 N–H and O–H groups in total. The molecule has 1 amide bonds. The van der Waals surface area contributed by atoms with E-state index in [9.17, 15) is 39.4 Å². The Morgan fingerprint density at radius 2 is 1.84 bits per heavy atom. The highest BCUT2D eigenvalue weighted by molar-refractivity contribution is 7.89. The maximum atomic E-state index is 13.9. The van der Waals surface area contributed by atoms with Gasteiger partial charge in [0.15, 0.2) is 11.4 Å². The van der Waals surface area contributed by atoms with E-state index in [2.05, 4.69) is 0 Å². The number of hydrogen-bond acceptors (Lipinski definition) is 10. The Hall–Kier alpha value is -3.06. The molecule has 3 aliphatic rings. The summed E-state index contributed by atoms with van der Waals surface area (Å²) in [4.78, 5) is 42.5. The molecular weight excluding hydrogens is 502 g/mol. The second-order valence-corrected chi connectivity index (χ2v) is 11.8. The zero-order valence-electron chi connectivity index (χ0n) is 21.2. The van der Waals surface area contributed by atoms with E-state index in [4.69, 9.17) is 5.73 Å². The molecule has 0 bridgehead atoms. The third-order valence-corrected chi connectivity index (χ3v) is 8.34. The quantitative estimate of drug-likeness (QED) is 0.256. The SMILES string of the molecule is CN(C)c1cc(C[S+](C)[O-])c(O)c2c1C[C@H]1C[C@H]3[C@H](N(C)C)C(O)=C(C(N)=O)C(=O)[C@@]3(O)C(O)=C1C2=O. The van der Waals surface area contributed by atoms with Crippen LogP contribution in [0.4, 0.5) is 5.69 Å². The average molecular weight is 534 g/mol. The molecule has 0 fully saturated rings. The van der Waals surface area contributed by atoms with Gasteiger partial charge < -0.3 is 35.6 Å². The number of rotatable bonds is 5. The lowest BCUT2D eigenvalue weighted by atomic mass is 9.58. The fourth-order valence-corrected chi connectivity index (χ4v) is 6.74. The minimum atomic E-state index is -2.69. The first kappa shape index (κ1) is 27.0. The summed E-state index contributed by atoms with van der Waals surface area (Å²) in [6.07, 6.45) is 1.66. The largest absolute Gasteiger partial charge is 0.616 e. The molecule has 12 heteroatoms. The van der Waals surface area contributed by atoms with E-state index in [1.54, 1.807) is 39.2 Å². The van der Waals surface area contributed by atoms with Crippen molar-refractivity contribution in [1.29, 1.82) is 0 Å². The van der Waals surface area contributed by atoms with E-state index < -0.39 is 69.2 Å². The third kappa shape index (κ3) is 3.81. The monoisotopic (exact) mass is 533 g/mol. The number of aliphatic hydroxyl groups excluding tert-OH is 2. The van der Waals surface area contributed by atoms with E-state index in [-0.39, 0.29) is 41.0 Å². The molecular formula is C25H31N3O8S. The van der Waals surface area contributed by atoms with Gasteiger partial charge in [0.25, 0.3) is 5.91 Å². The minimum absolute atomic E-state index is 0.0112. The van der Waals surface area contributed by atoms with Crippen molar-refractivity contribution in [3.8, 4) is 5.75 Å². The van der Waals surface area contributed by atoms with Gasteiger partial charge in [0, 0.05) is 36.8 Å². The molecule has 37 heavy (non-hydrogen) atoms. The van der Waals surface area contributed by atoms with Crippen LogP contribution in [0.15, 0.2) is 28.7 Å². The summed E-state index contributed by atoms with van der Waals surface area (Å²) < 4.78 is 11.9. The van der Waals surface area contributed by atoms with Gasteiger partial charge >= 0.3 is 0 Å². The van der Waals surface area contributed by atoms with E-state index in [1.165, 1.54) is 11.2 Å². The number of nitrogens with two attached hydrogens (primary N) is 1. The van der Waals surface area contributed by atoms with Crippen LogP contribution in [0.1, 0.15) is 27.9 Å². The average Bonchev–Trinajstić information content (AvgIpc) is 2.77. The minimum Gasteiger partial charge on any atom is -0.616 e. The molecule has 0 aliphatic heterocycles. The number of Topliss-reactive ketones (excluding diaryl/α,β-unsaturated/α-hetero) is 2. The maximum absolute atomic E-state index is 13.9. The number of allylic oxidation sites excluding steroid dienone is 1. The molecule has 0 saturated heterocycles. The van der Waals surface area contributed by atoms with Gasteiger partial charge in [-0.3, -0.25) is 19.3 Å². The predicted octanol–water partition coefficient (Wildman–Crippen LogP) is 0.0651. The highest BCUT2D eigenvalue weighted by Gasteiger charge is 2.63. The smallest absolute Gasteiger partial charge is 0.255 e. The number of nitrogens with zero attached hydrogens (tertiary/aromatic N) is 2. The van der Waals surface area contributed by atoms with Gasteiger partial charge in [-0.1, -0.05) is 11.2 Å². The number of benzene rings is 1. The van der Waals surface area contributed by atoms with Crippen molar-refractivity contribution < 1.29 is 39.4 Å². The van der Waals surface area contributed by atoms with E-state index in [1.807, 2.05) is 0 Å². The van der Waals surface area contributed by atoms with Crippen LogP contribution >= 0.6 is 0 Å². The van der Waals surface area contributed by atoms with Gasteiger partial charge in [-0.15, -0.1) is 0 Å². The number of aromatic hydroxyl groups is 1. The molecule has 1 unspecified atom stereocenters. The Morgan fingerprint density at radius 3 is 2.35 bits per heavy atom. The van der Waals surface area contributed by atoms with Crippen molar-refractivity contribution in [2.45, 2.75) is 30.2 Å². The van der Waals surface area contributed by atoms with Crippen molar-refractivity contribution in [3.63, 3.8) is 0 Å². The molecule has 0 heterocycles. The molecule has 200 valence electrons. The van der Waals surface area contributed by atoms with Gasteiger partial charge in [0.2, 0.25) is 5.78 Å². The topological polar surface area (TPSA) is 188 Å². The van der Waals surface area contributed by atoms with Crippen molar-refractivity contribution in [3.05, 3.63) is 45.4 Å². The summed E-state index contributed by atoms with van der Waals surface area (Å²) in [5, 5.41) is 44.9. The summed E-state index contributed by atoms with van der Waals surface area (Å²) >= 11 is -1.33. The van der Waals surface area contributed by atoms with Gasteiger partial charge in [-0.2, -0.15) is 0 Å². The van der Waals surface area contributed by atoms with Crippen LogP contribution in [0.2, 0.25) is 0 Å². The Balaban J connectivity index is 1.98. The number of likely N-dealkylation sites (N-methyl/N-ethyl adjacent to an activating group) is 1. The number of phenols is 1. The summed E-state index contributed by atoms with van der Waals surface area (Å²) in [7, 11) is 6.69. The number of phenolic OH excluding ortho intramolecular Hbond substituents is 1. The van der Waals surface area contributed by atoms with Crippen LogP contribution in [-0.4, -0.2) is 93.4 Å². The fraction of sp³-hybridized carbons (Fsp3) is 0.480. The molecule has 5 atom stereocenters. The first-order valence-electron chi connectivity index (χ1n) is 11.6. The third-order valence-electron chi connectivity index (χ3n) is 7.62. The molecule has 3 aliphatic carbocycles. The lowest BCUT2D eigenvalue weighted by molar-refractivity contribution is -0.148. The number of primary amides is 1. The highest BCUT2D eigenvalue weighted by Crippen LogP contribution is 2.53. The second-order valence-electron chi connectivity index (χ2n) is 10.3. The lowest BCUT2D eigenvalue weighted by Crippen LogP contribution is -2.63. The standard InChI is InChI=1S/C25H31N3O8S/c1-27(2)14-8-11(9-37(5)36)19(29)16-12(14)6-10-7-13-18(28(3)4)21(31)17(24(26)34)23(33)25(13,35)22(32)15(10)20(16)30/h8,10,13,18,29,31-32,35H,6-7,9H2,1-5H3,(H2,26,34)/t10-,13-,18-,25-,37?/m0/s1. The van der Waals surface area contributed by atoms with Gasteiger partial charge in [-0.05, 0) is 44.5 Å². The Morgan fingerprint density at radius 1 is 1.22 bits per heavy atom. The number of hydrogen-bond donors (Lipinski definition) is 5. The zero-order chi connectivity index (χ0) is 27.7. The molecule has 1 aromatic rings. The molecule has 0 saturated carbocycles. The Kier molecular flexibility index (Phi) is 6.60. The van der Waals surface area contributed by atoms with Crippen LogP contribution in [0, 0.1) is 11.8 Å². The molecule has 0 aromatic heterocycles. The highest BCUT2D eigenvalue weighted by atomic mass is 32.2. The zero-order valence-corrected chi connectivity index (χ0v) is 22.0. The normalized spacial score (nSPS) is 28.2. The van der Waals surface area contributed by atoms with E-state index >= 15 is 0 Å². The molecule has 11 nitrogen and oxygen atoms in total. The summed E-state index contributed by atoms with van der Waals surface area (Å²) in [6.45, 7) is 0. The van der Waals surface area contributed by atoms with Crippen LogP contribution in [0.5, 0.6) is 5.75 Å². The number of anilines is 1. The lowest BCUT2D eigenvalue weighted by Gasteiger charge is -2.50. The summed E-state index contributed by atoms with van der Waals surface area (Å²) in [5.41, 5.74) is 2.93. The maximum Gasteiger partial charge on any atom is 0.255 e. The van der Waals surface area contributed by atoms with Crippen LogP contribution in [0.25, 0.3) is 0 Å². The van der Waals surface area contributed by atoms with Crippen LogP contribution in [-0.2, 0) is 32.9 Å². The number of aliphatic hydroxyl groups is 3. The fourth-order valence-electron chi connectivity index (χ4n) is 6.08. The number of amides is 1. The van der Waals surface area contributed by atoms with Gasteiger partial charge in [0.05, 0.1) is 17.9 Å². The number of carbonyl (C=O) groups is 3. The van der Waals surface area contributed by atoms with Crippen molar-refractivity contribution in [2.24, 2.45) is 17.6 Å². The van der Waals surface area contributed by atoms with Gasteiger partial charge in [-0.25, -0.2) is 0 Å². The molecule has 4 rings (SSSR count). The molecule has 0 radical (unpaired) electrons. The first-order chi connectivity index (χ1) is 17.1. The van der Waals surface area contributed by atoms with Crippen molar-refractivity contribution >= 4 is 34.3 Å². The second kappa shape index (κ2) is 9.05. The van der Waals surface area contributed by atoms with E-state index in [0.29, 0.717) is 11.3 Å². The molecule has 1 aromatic carbocycles. The predicted molar refractivity (Wildman–Crippen MR) is 136 cm³/mol. The first-order valence-corrected chi connectivity index (χ1v) is 13.4.